The second kappa shape index (κ2) is 6.23. The molecule has 0 aliphatic carbocycles. The summed E-state index contributed by atoms with van der Waals surface area (Å²) in [7, 11) is 1.40. The Hall–Kier alpha value is -2.65. The van der Waals surface area contributed by atoms with Gasteiger partial charge in [0.15, 0.2) is 11.8 Å². The molecule has 23 heavy (non-hydrogen) atoms. The number of hydrogen-bond donors (Lipinski definition) is 1. The number of hydrogen-bond acceptors (Lipinski definition) is 6. The number of halogens is 1. The molecule has 8 nitrogen and oxygen atoms in total. The topological polar surface area (TPSA) is 90.9 Å². The number of aliphatic hydroxyl groups is 1. The summed E-state index contributed by atoms with van der Waals surface area (Å²) >= 11 is 0. The number of methoxy groups -OCH3 is 1. The maximum Gasteiger partial charge on any atom is 0.186 e. The molecule has 3 aromatic rings. The van der Waals surface area contributed by atoms with Crippen LogP contribution in [0.1, 0.15) is 11.8 Å². The minimum Gasteiger partial charge on any atom is -0.378 e. The summed E-state index contributed by atoms with van der Waals surface area (Å²) in [6.07, 6.45) is 4.45. The zero-order chi connectivity index (χ0) is 16.3. The van der Waals surface area contributed by atoms with E-state index in [0.717, 1.165) is 0 Å². The predicted octanol–water partition coefficient (Wildman–Crippen LogP) is 0.742. The van der Waals surface area contributed by atoms with Crippen LogP contribution in [0.15, 0.2) is 49.6 Å². The first-order chi connectivity index (χ1) is 11.1. The molecule has 0 amide bonds. The van der Waals surface area contributed by atoms with E-state index < -0.39 is 17.6 Å². The van der Waals surface area contributed by atoms with Gasteiger partial charge < -0.3 is 9.84 Å². The number of nitrogens with zero attached hydrogens (tertiary/aromatic N) is 6. The van der Waals surface area contributed by atoms with Crippen molar-refractivity contribution < 1.29 is 14.2 Å². The molecule has 0 unspecified atom stereocenters. The molecule has 0 spiro atoms. The molecule has 2 atom stereocenters. The highest BCUT2D eigenvalue weighted by Crippen LogP contribution is 2.36. The minimum atomic E-state index is -1.78. The summed E-state index contributed by atoms with van der Waals surface area (Å²) in [4.78, 5) is 7.69. The molecule has 0 fully saturated rings. The van der Waals surface area contributed by atoms with Crippen LogP contribution in [0, 0.1) is 5.82 Å². The van der Waals surface area contributed by atoms with Gasteiger partial charge in [0.2, 0.25) is 0 Å². The van der Waals surface area contributed by atoms with Crippen molar-refractivity contribution in [2.24, 2.45) is 0 Å². The molecule has 120 valence electrons. The normalized spacial score (nSPS) is 15.3. The molecule has 3 rings (SSSR count). The van der Waals surface area contributed by atoms with Crippen LogP contribution >= 0.6 is 0 Å². The van der Waals surface area contributed by atoms with E-state index in [0.29, 0.717) is 0 Å². The summed E-state index contributed by atoms with van der Waals surface area (Å²) in [6, 6.07) is 5.95. The van der Waals surface area contributed by atoms with E-state index in [9.17, 15) is 9.50 Å². The molecule has 9 heteroatoms. The molecule has 0 aliphatic heterocycles. The van der Waals surface area contributed by atoms with Crippen molar-refractivity contribution in [2.45, 2.75) is 18.4 Å². The van der Waals surface area contributed by atoms with E-state index in [1.54, 1.807) is 12.1 Å². The van der Waals surface area contributed by atoms with Crippen molar-refractivity contribution >= 4 is 0 Å². The van der Waals surface area contributed by atoms with Crippen molar-refractivity contribution in [3.8, 4) is 0 Å². The Morgan fingerprint density at radius 3 is 2.57 bits per heavy atom. The van der Waals surface area contributed by atoms with Crippen molar-refractivity contribution in [3.63, 3.8) is 0 Å². The molecule has 0 radical (unpaired) electrons. The van der Waals surface area contributed by atoms with Crippen LogP contribution in [0.5, 0.6) is 0 Å². The van der Waals surface area contributed by atoms with E-state index in [1.807, 2.05) is 0 Å². The Bertz CT molecular complexity index is 748. The lowest BCUT2D eigenvalue weighted by molar-refractivity contribution is -0.155. The van der Waals surface area contributed by atoms with Gasteiger partial charge in [-0.1, -0.05) is 18.2 Å². The number of benzene rings is 1. The van der Waals surface area contributed by atoms with Crippen molar-refractivity contribution in [3.05, 3.63) is 61.0 Å². The Morgan fingerprint density at radius 1 is 1.22 bits per heavy atom. The minimum absolute atomic E-state index is 0.0675. The predicted molar refractivity (Wildman–Crippen MR) is 76.4 cm³/mol. The second-order valence-electron chi connectivity index (χ2n) is 4.96. The molecular formula is C14H15FN6O2. The van der Waals surface area contributed by atoms with Crippen molar-refractivity contribution in [1.29, 1.82) is 0 Å². The zero-order valence-corrected chi connectivity index (χ0v) is 12.3. The molecule has 1 N–H and O–H groups in total. The lowest BCUT2D eigenvalue weighted by Crippen LogP contribution is -2.43. The maximum absolute atomic E-state index is 14.3. The molecule has 1 aromatic carbocycles. The van der Waals surface area contributed by atoms with Gasteiger partial charge in [0.1, 0.15) is 31.1 Å². The number of ether oxygens (including phenoxy) is 1. The Labute approximate surface area is 131 Å². The van der Waals surface area contributed by atoms with E-state index in [2.05, 4.69) is 20.2 Å². The van der Waals surface area contributed by atoms with Crippen LogP contribution in [-0.4, -0.2) is 41.7 Å². The third-order valence-corrected chi connectivity index (χ3v) is 3.52. The van der Waals surface area contributed by atoms with Gasteiger partial charge in [0.25, 0.3) is 0 Å². The van der Waals surface area contributed by atoms with Gasteiger partial charge in [-0.3, -0.25) is 0 Å². The van der Waals surface area contributed by atoms with Gasteiger partial charge in [0, 0.05) is 12.7 Å². The highest BCUT2D eigenvalue weighted by atomic mass is 19.1. The molecule has 2 heterocycles. The van der Waals surface area contributed by atoms with E-state index in [1.165, 1.54) is 53.9 Å². The summed E-state index contributed by atoms with van der Waals surface area (Å²) in [6.45, 7) is -0.0771. The lowest BCUT2D eigenvalue weighted by Gasteiger charge is -2.35. The highest BCUT2D eigenvalue weighted by molar-refractivity contribution is 5.25. The third kappa shape index (κ3) is 2.83. The Balaban J connectivity index is 2.11. The molecule has 0 bridgehead atoms. The second-order valence-corrected chi connectivity index (χ2v) is 4.96. The van der Waals surface area contributed by atoms with Crippen LogP contribution in [-0.2, 0) is 16.9 Å². The standard InChI is InChI=1S/C14H15FN6O2/c1-23-13(21-10-17-8-19-21)14(22,6-20-9-16-7-18-20)11-4-2-3-5-12(11)15/h2-5,7-10,13,22H,6H2,1H3/t13-,14-/m1/s1. The fraction of sp³-hybridized carbons (Fsp3) is 0.286. The van der Waals surface area contributed by atoms with E-state index >= 15 is 0 Å². The van der Waals surface area contributed by atoms with Gasteiger partial charge in [-0.05, 0) is 6.07 Å². The number of aromatic nitrogens is 6. The highest BCUT2D eigenvalue weighted by Gasteiger charge is 2.43. The quantitative estimate of drug-likeness (QED) is 0.721. The summed E-state index contributed by atoms with van der Waals surface area (Å²) in [5.41, 5.74) is -1.71. The molecule has 0 saturated carbocycles. The molecule has 2 aromatic heterocycles. The van der Waals surface area contributed by atoms with Gasteiger partial charge in [-0.15, -0.1) is 0 Å². The summed E-state index contributed by atoms with van der Waals surface area (Å²) in [5, 5.41) is 19.3. The first-order valence-electron chi connectivity index (χ1n) is 6.82. The zero-order valence-electron chi connectivity index (χ0n) is 12.3. The first kappa shape index (κ1) is 15.3. The average Bonchev–Trinajstić information content (AvgIpc) is 3.22. The molecule has 0 aliphatic rings. The fourth-order valence-electron chi connectivity index (χ4n) is 2.53. The lowest BCUT2D eigenvalue weighted by atomic mass is 9.91. The maximum atomic E-state index is 14.3. The van der Waals surface area contributed by atoms with Crippen LogP contribution in [0.3, 0.4) is 0 Å². The molecular weight excluding hydrogens is 303 g/mol. The van der Waals surface area contributed by atoms with Gasteiger partial charge in [-0.2, -0.15) is 10.2 Å². The fourth-order valence-corrected chi connectivity index (χ4v) is 2.53. The first-order valence-corrected chi connectivity index (χ1v) is 6.82. The van der Waals surface area contributed by atoms with Gasteiger partial charge >= 0.3 is 0 Å². The van der Waals surface area contributed by atoms with Crippen LogP contribution in [0.25, 0.3) is 0 Å². The van der Waals surface area contributed by atoms with Crippen LogP contribution in [0.4, 0.5) is 4.39 Å². The van der Waals surface area contributed by atoms with Gasteiger partial charge in [0.05, 0.1) is 6.54 Å². The largest absolute Gasteiger partial charge is 0.378 e. The van der Waals surface area contributed by atoms with Crippen LogP contribution < -0.4 is 0 Å². The smallest absolute Gasteiger partial charge is 0.186 e. The Morgan fingerprint density at radius 2 is 1.96 bits per heavy atom. The van der Waals surface area contributed by atoms with E-state index in [4.69, 9.17) is 4.74 Å². The monoisotopic (exact) mass is 318 g/mol. The average molecular weight is 318 g/mol. The van der Waals surface area contributed by atoms with E-state index in [-0.39, 0.29) is 12.1 Å². The van der Waals surface area contributed by atoms with Crippen LogP contribution in [0.2, 0.25) is 0 Å². The molecule has 0 saturated heterocycles. The van der Waals surface area contributed by atoms with Crippen molar-refractivity contribution in [2.75, 3.05) is 7.11 Å². The Kier molecular flexibility index (Phi) is 4.13. The van der Waals surface area contributed by atoms with Gasteiger partial charge in [-0.25, -0.2) is 23.7 Å². The summed E-state index contributed by atoms with van der Waals surface area (Å²) < 4.78 is 22.5. The third-order valence-electron chi connectivity index (χ3n) is 3.52. The SMILES string of the molecule is CO[C@@H](n1cncn1)[C@@](O)(Cn1cncn1)c1ccccc1F. The van der Waals surface area contributed by atoms with Crippen molar-refractivity contribution in [1.82, 2.24) is 29.5 Å². The number of rotatable bonds is 6. The summed E-state index contributed by atoms with van der Waals surface area (Å²) in [5.74, 6) is -0.558.